The summed E-state index contributed by atoms with van der Waals surface area (Å²) in [5.41, 5.74) is 5.60. The monoisotopic (exact) mass is 222 g/mol. The smallest absolute Gasteiger partial charge is 0.129 e. The molecule has 0 aliphatic heterocycles. The van der Waals surface area contributed by atoms with Crippen LogP contribution in [-0.4, -0.2) is 23.1 Å². The van der Waals surface area contributed by atoms with Crippen molar-refractivity contribution < 1.29 is 0 Å². The maximum absolute atomic E-state index is 5.60. The standard InChI is InChI=1S/C12H22N4/c1-3-4-11(5-7-13)9-15-12-6-8-14-10(2)16-12/h6,8,11H,3-5,7,9,13H2,1-2H3,(H,14,15,16). The molecule has 0 aliphatic carbocycles. The molecule has 0 radical (unpaired) electrons. The summed E-state index contributed by atoms with van der Waals surface area (Å²) in [5, 5.41) is 3.35. The molecule has 0 fully saturated rings. The highest BCUT2D eigenvalue weighted by molar-refractivity contribution is 5.32. The lowest BCUT2D eigenvalue weighted by Crippen LogP contribution is -2.18. The Kier molecular flexibility index (Phi) is 5.78. The first-order valence-corrected chi connectivity index (χ1v) is 5.99. The zero-order valence-corrected chi connectivity index (χ0v) is 10.2. The number of aromatic nitrogens is 2. The van der Waals surface area contributed by atoms with Crippen molar-refractivity contribution >= 4 is 5.82 Å². The van der Waals surface area contributed by atoms with E-state index in [9.17, 15) is 0 Å². The van der Waals surface area contributed by atoms with Crippen LogP contribution in [0.4, 0.5) is 5.82 Å². The zero-order chi connectivity index (χ0) is 11.8. The average molecular weight is 222 g/mol. The van der Waals surface area contributed by atoms with Crippen molar-refractivity contribution in [3.63, 3.8) is 0 Å². The van der Waals surface area contributed by atoms with E-state index in [2.05, 4.69) is 22.2 Å². The topological polar surface area (TPSA) is 63.8 Å². The molecule has 1 atom stereocenters. The summed E-state index contributed by atoms with van der Waals surface area (Å²) in [7, 11) is 0. The van der Waals surface area contributed by atoms with Gasteiger partial charge in [0.25, 0.3) is 0 Å². The number of nitrogens with zero attached hydrogens (tertiary/aromatic N) is 2. The largest absolute Gasteiger partial charge is 0.370 e. The lowest BCUT2D eigenvalue weighted by molar-refractivity contribution is 0.473. The number of aryl methyl sites for hydroxylation is 1. The molecule has 1 aromatic rings. The third kappa shape index (κ3) is 4.57. The van der Waals surface area contributed by atoms with Crippen LogP contribution in [0.1, 0.15) is 32.0 Å². The van der Waals surface area contributed by atoms with Gasteiger partial charge in [0.15, 0.2) is 0 Å². The third-order valence-electron chi connectivity index (χ3n) is 2.62. The van der Waals surface area contributed by atoms with E-state index < -0.39 is 0 Å². The minimum Gasteiger partial charge on any atom is -0.370 e. The second-order valence-electron chi connectivity index (χ2n) is 4.10. The molecule has 0 spiro atoms. The van der Waals surface area contributed by atoms with Crippen LogP contribution in [0, 0.1) is 12.8 Å². The minimum atomic E-state index is 0.644. The van der Waals surface area contributed by atoms with Crippen LogP contribution in [0.25, 0.3) is 0 Å². The molecule has 1 unspecified atom stereocenters. The molecule has 1 aromatic heterocycles. The van der Waals surface area contributed by atoms with Crippen LogP contribution >= 0.6 is 0 Å². The van der Waals surface area contributed by atoms with Gasteiger partial charge in [0.1, 0.15) is 11.6 Å². The second kappa shape index (κ2) is 7.17. The molecule has 1 rings (SSSR count). The van der Waals surface area contributed by atoms with Crippen molar-refractivity contribution in [2.24, 2.45) is 11.7 Å². The van der Waals surface area contributed by atoms with Crippen LogP contribution in [0.2, 0.25) is 0 Å². The summed E-state index contributed by atoms with van der Waals surface area (Å²) in [5.74, 6) is 2.35. The summed E-state index contributed by atoms with van der Waals surface area (Å²) in [6, 6.07) is 1.90. The first-order valence-electron chi connectivity index (χ1n) is 5.99. The Hall–Kier alpha value is -1.16. The van der Waals surface area contributed by atoms with Gasteiger partial charge in [-0.15, -0.1) is 0 Å². The molecule has 0 bridgehead atoms. The van der Waals surface area contributed by atoms with Gasteiger partial charge in [0.05, 0.1) is 0 Å². The number of hydrogen-bond acceptors (Lipinski definition) is 4. The maximum Gasteiger partial charge on any atom is 0.129 e. The van der Waals surface area contributed by atoms with Gasteiger partial charge in [-0.25, -0.2) is 9.97 Å². The van der Waals surface area contributed by atoms with Crippen molar-refractivity contribution in [1.29, 1.82) is 0 Å². The highest BCUT2D eigenvalue weighted by Gasteiger charge is 2.06. The van der Waals surface area contributed by atoms with Gasteiger partial charge < -0.3 is 11.1 Å². The number of anilines is 1. The Labute approximate surface area is 97.7 Å². The molecular formula is C12H22N4. The van der Waals surface area contributed by atoms with Crippen molar-refractivity contribution in [2.75, 3.05) is 18.4 Å². The molecule has 16 heavy (non-hydrogen) atoms. The van der Waals surface area contributed by atoms with E-state index >= 15 is 0 Å². The first kappa shape index (κ1) is 12.9. The molecule has 1 heterocycles. The lowest BCUT2D eigenvalue weighted by Gasteiger charge is -2.16. The van der Waals surface area contributed by atoms with E-state index in [0.29, 0.717) is 5.92 Å². The molecule has 4 heteroatoms. The van der Waals surface area contributed by atoms with E-state index in [0.717, 1.165) is 31.2 Å². The SMILES string of the molecule is CCCC(CCN)CNc1ccnc(C)n1. The minimum absolute atomic E-state index is 0.644. The molecular weight excluding hydrogens is 200 g/mol. The number of nitrogens with two attached hydrogens (primary N) is 1. The molecule has 3 N–H and O–H groups in total. The third-order valence-corrected chi connectivity index (χ3v) is 2.62. The van der Waals surface area contributed by atoms with Crippen LogP contribution in [0.15, 0.2) is 12.3 Å². The highest BCUT2D eigenvalue weighted by Crippen LogP contribution is 2.11. The van der Waals surface area contributed by atoms with Crippen LogP contribution < -0.4 is 11.1 Å². The number of rotatable bonds is 7. The van der Waals surface area contributed by atoms with Gasteiger partial charge in [-0.05, 0) is 38.3 Å². The quantitative estimate of drug-likeness (QED) is 0.740. The van der Waals surface area contributed by atoms with Crippen LogP contribution in [-0.2, 0) is 0 Å². The van der Waals surface area contributed by atoms with Gasteiger partial charge in [-0.3, -0.25) is 0 Å². The molecule has 90 valence electrons. The lowest BCUT2D eigenvalue weighted by atomic mass is 10.00. The fraction of sp³-hybridized carbons (Fsp3) is 0.667. The molecule has 0 aromatic carbocycles. The normalized spacial score (nSPS) is 12.4. The van der Waals surface area contributed by atoms with Crippen molar-refractivity contribution in [3.05, 3.63) is 18.1 Å². The summed E-state index contributed by atoms with van der Waals surface area (Å²) in [4.78, 5) is 8.38. The maximum atomic E-state index is 5.60. The van der Waals surface area contributed by atoms with Gasteiger partial charge in [-0.2, -0.15) is 0 Å². The molecule has 0 amide bonds. The summed E-state index contributed by atoms with van der Waals surface area (Å²) >= 11 is 0. The number of hydrogen-bond donors (Lipinski definition) is 2. The van der Waals surface area contributed by atoms with Gasteiger partial charge in [0.2, 0.25) is 0 Å². The number of nitrogens with one attached hydrogen (secondary N) is 1. The van der Waals surface area contributed by atoms with Crippen molar-refractivity contribution in [1.82, 2.24) is 9.97 Å². The Balaban J connectivity index is 2.41. The Morgan fingerprint density at radius 1 is 1.44 bits per heavy atom. The molecule has 0 aliphatic rings. The van der Waals surface area contributed by atoms with Crippen molar-refractivity contribution in [3.8, 4) is 0 Å². The van der Waals surface area contributed by atoms with Gasteiger partial charge >= 0.3 is 0 Å². The van der Waals surface area contributed by atoms with Crippen molar-refractivity contribution in [2.45, 2.75) is 33.1 Å². The van der Waals surface area contributed by atoms with Gasteiger partial charge in [0, 0.05) is 12.7 Å². The Bertz CT molecular complexity index is 295. The molecule has 4 nitrogen and oxygen atoms in total. The molecule has 0 saturated heterocycles. The highest BCUT2D eigenvalue weighted by atomic mass is 15.0. The van der Waals surface area contributed by atoms with Crippen LogP contribution in [0.5, 0.6) is 0 Å². The Morgan fingerprint density at radius 2 is 2.25 bits per heavy atom. The summed E-state index contributed by atoms with van der Waals surface area (Å²) in [6.07, 6.45) is 5.27. The Morgan fingerprint density at radius 3 is 2.88 bits per heavy atom. The van der Waals surface area contributed by atoms with E-state index in [-0.39, 0.29) is 0 Å². The van der Waals surface area contributed by atoms with E-state index in [1.165, 1.54) is 12.8 Å². The first-order chi connectivity index (χ1) is 7.76. The van der Waals surface area contributed by atoms with Crippen LogP contribution in [0.3, 0.4) is 0 Å². The fourth-order valence-electron chi connectivity index (χ4n) is 1.80. The van der Waals surface area contributed by atoms with E-state index in [1.54, 1.807) is 6.20 Å². The summed E-state index contributed by atoms with van der Waals surface area (Å²) in [6.45, 7) is 5.81. The van der Waals surface area contributed by atoms with Gasteiger partial charge in [-0.1, -0.05) is 13.3 Å². The van der Waals surface area contributed by atoms with E-state index in [1.807, 2.05) is 13.0 Å². The molecule has 0 saturated carbocycles. The summed E-state index contributed by atoms with van der Waals surface area (Å²) < 4.78 is 0. The predicted molar refractivity (Wildman–Crippen MR) is 67.3 cm³/mol. The average Bonchev–Trinajstić information content (AvgIpc) is 2.27. The predicted octanol–water partition coefficient (Wildman–Crippen LogP) is 1.96. The zero-order valence-electron chi connectivity index (χ0n) is 10.2. The second-order valence-corrected chi connectivity index (χ2v) is 4.10. The van der Waals surface area contributed by atoms with E-state index in [4.69, 9.17) is 5.73 Å². The fourth-order valence-corrected chi connectivity index (χ4v) is 1.80.